The first-order valence-electron chi connectivity index (χ1n) is 35.4. The molecule has 0 aromatic carbocycles. The van der Waals surface area contributed by atoms with Crippen LogP contribution in [0.25, 0.3) is 0 Å². The molecule has 0 heterocycles. The van der Waals surface area contributed by atoms with E-state index in [2.05, 4.69) is 93.7 Å². The van der Waals surface area contributed by atoms with Gasteiger partial charge < -0.3 is 14.2 Å². The number of allylic oxidation sites excluding steroid dienone is 12. The largest absolute Gasteiger partial charge is 0.462 e. The van der Waals surface area contributed by atoms with Crippen LogP contribution >= 0.6 is 0 Å². The highest BCUT2D eigenvalue weighted by Crippen LogP contribution is 2.18. The Morgan fingerprint density at radius 2 is 0.494 bits per heavy atom. The van der Waals surface area contributed by atoms with Crippen molar-refractivity contribution in [2.24, 2.45) is 0 Å². The summed E-state index contributed by atoms with van der Waals surface area (Å²) in [6.45, 7) is 6.53. The third kappa shape index (κ3) is 67.5. The molecule has 81 heavy (non-hydrogen) atoms. The fourth-order valence-corrected chi connectivity index (χ4v) is 10.4. The van der Waals surface area contributed by atoms with Gasteiger partial charge in [-0.3, -0.25) is 14.4 Å². The quantitative estimate of drug-likeness (QED) is 0.0261. The average molecular weight is 1130 g/mol. The first-order chi connectivity index (χ1) is 40.0. The summed E-state index contributed by atoms with van der Waals surface area (Å²) in [7, 11) is 0. The van der Waals surface area contributed by atoms with E-state index in [0.717, 1.165) is 89.9 Å². The van der Waals surface area contributed by atoms with Crippen LogP contribution in [-0.2, 0) is 28.6 Å². The smallest absolute Gasteiger partial charge is 0.306 e. The molecular formula is C75H134O6. The van der Waals surface area contributed by atoms with Crippen molar-refractivity contribution < 1.29 is 28.6 Å². The molecule has 0 saturated heterocycles. The van der Waals surface area contributed by atoms with Crippen molar-refractivity contribution in [3.05, 3.63) is 72.9 Å². The summed E-state index contributed by atoms with van der Waals surface area (Å²) in [5.41, 5.74) is 0. The third-order valence-electron chi connectivity index (χ3n) is 15.7. The molecule has 1 unspecified atom stereocenters. The van der Waals surface area contributed by atoms with Gasteiger partial charge in [-0.15, -0.1) is 0 Å². The van der Waals surface area contributed by atoms with Gasteiger partial charge in [0.25, 0.3) is 0 Å². The van der Waals surface area contributed by atoms with E-state index in [9.17, 15) is 14.4 Å². The topological polar surface area (TPSA) is 78.9 Å². The number of ether oxygens (including phenoxy) is 3. The Kier molecular flexibility index (Phi) is 66.6. The van der Waals surface area contributed by atoms with Gasteiger partial charge in [-0.05, 0) is 103 Å². The van der Waals surface area contributed by atoms with Crippen molar-refractivity contribution in [1.29, 1.82) is 0 Å². The Labute approximate surface area is 503 Å². The highest BCUT2D eigenvalue weighted by molar-refractivity contribution is 5.71. The van der Waals surface area contributed by atoms with Gasteiger partial charge in [-0.25, -0.2) is 0 Å². The molecule has 0 aliphatic rings. The third-order valence-corrected chi connectivity index (χ3v) is 15.7. The van der Waals surface area contributed by atoms with Crippen LogP contribution in [0.3, 0.4) is 0 Å². The maximum Gasteiger partial charge on any atom is 0.306 e. The van der Waals surface area contributed by atoms with Crippen LogP contribution in [-0.4, -0.2) is 37.2 Å². The molecule has 6 heteroatoms. The molecule has 0 spiro atoms. The average Bonchev–Trinajstić information content (AvgIpc) is 3.47. The first kappa shape index (κ1) is 77.9. The molecule has 1 atom stereocenters. The lowest BCUT2D eigenvalue weighted by atomic mass is 10.0. The maximum absolute atomic E-state index is 12.9. The lowest BCUT2D eigenvalue weighted by molar-refractivity contribution is -0.167. The highest BCUT2D eigenvalue weighted by atomic mass is 16.6. The van der Waals surface area contributed by atoms with Crippen molar-refractivity contribution >= 4 is 17.9 Å². The lowest BCUT2D eigenvalue weighted by Crippen LogP contribution is -2.30. The molecule has 0 aromatic rings. The molecule has 0 radical (unpaired) electrons. The zero-order valence-electron chi connectivity index (χ0n) is 54.1. The second-order valence-electron chi connectivity index (χ2n) is 23.8. The molecule has 0 amide bonds. The predicted octanol–water partition coefficient (Wildman–Crippen LogP) is 24.4. The molecule has 0 aliphatic heterocycles. The van der Waals surface area contributed by atoms with E-state index in [4.69, 9.17) is 14.2 Å². The monoisotopic (exact) mass is 1130 g/mol. The van der Waals surface area contributed by atoms with E-state index in [1.54, 1.807) is 0 Å². The van der Waals surface area contributed by atoms with Gasteiger partial charge in [-0.1, -0.05) is 318 Å². The second kappa shape index (κ2) is 69.3. The highest BCUT2D eigenvalue weighted by Gasteiger charge is 2.19. The minimum absolute atomic E-state index is 0.0739. The predicted molar refractivity (Wildman–Crippen MR) is 353 cm³/mol. The standard InChI is InChI=1S/C75H134O6/c1-4-7-10-13-16-19-22-24-26-28-30-31-32-33-34-35-36-37-38-39-40-41-42-43-45-46-48-50-53-56-59-62-65-68-74(77)80-71-72(70-79-73(76)67-64-61-58-55-52-21-18-15-12-9-6-3)81-75(78)69-66-63-60-57-54-51-49-47-44-29-27-25-23-20-17-14-11-8-5-2/h7,10,15-16,18-19,24-27,30-31,72H,4-6,8-9,11-14,17,20-23,28-29,32-71H2,1-3H3/b10-7-,18-15-,19-16-,26-24-,27-25-,31-30-. The molecule has 6 nitrogen and oxygen atoms in total. The van der Waals surface area contributed by atoms with Crippen molar-refractivity contribution in [2.45, 2.75) is 374 Å². The Bertz CT molecular complexity index is 1490. The van der Waals surface area contributed by atoms with E-state index in [1.165, 1.54) is 238 Å². The Morgan fingerprint density at radius 3 is 0.802 bits per heavy atom. The minimum Gasteiger partial charge on any atom is -0.462 e. The molecule has 0 N–H and O–H groups in total. The van der Waals surface area contributed by atoms with Crippen molar-refractivity contribution in [3.63, 3.8) is 0 Å². The Hall–Kier alpha value is -3.15. The van der Waals surface area contributed by atoms with E-state index in [0.29, 0.717) is 19.3 Å². The first-order valence-corrected chi connectivity index (χ1v) is 35.4. The van der Waals surface area contributed by atoms with Gasteiger partial charge in [-0.2, -0.15) is 0 Å². The summed E-state index contributed by atoms with van der Waals surface area (Å²) in [6.07, 6.45) is 90.9. The van der Waals surface area contributed by atoms with Crippen LogP contribution in [0.1, 0.15) is 367 Å². The summed E-state index contributed by atoms with van der Waals surface area (Å²) in [5, 5.41) is 0. The fourth-order valence-electron chi connectivity index (χ4n) is 10.4. The molecule has 0 bridgehead atoms. The Balaban J connectivity index is 4.11. The summed E-state index contributed by atoms with van der Waals surface area (Å²) < 4.78 is 16.9. The molecule has 0 saturated carbocycles. The number of hydrogen-bond acceptors (Lipinski definition) is 6. The molecule has 0 rings (SSSR count). The van der Waals surface area contributed by atoms with Crippen molar-refractivity contribution in [1.82, 2.24) is 0 Å². The van der Waals surface area contributed by atoms with E-state index in [-0.39, 0.29) is 31.1 Å². The number of unbranched alkanes of at least 4 members (excludes halogenated alkanes) is 42. The SMILES string of the molecule is CC/C=C\C/C=C\C/C=C\C/C=C\CCCCCCCCCCCCCCCCCCCCCCC(=O)OCC(COC(=O)CCCCCCC/C=C\CCCC)OC(=O)CCCCCCCCCCC/C=C\CCCCCCCC. The summed E-state index contributed by atoms with van der Waals surface area (Å²) in [5.74, 6) is -0.865. The summed E-state index contributed by atoms with van der Waals surface area (Å²) in [6, 6.07) is 0. The van der Waals surface area contributed by atoms with E-state index < -0.39 is 6.10 Å². The normalized spacial score (nSPS) is 12.5. The maximum atomic E-state index is 12.9. The van der Waals surface area contributed by atoms with Gasteiger partial charge in [0.2, 0.25) is 0 Å². The summed E-state index contributed by atoms with van der Waals surface area (Å²) >= 11 is 0. The molecule has 470 valence electrons. The van der Waals surface area contributed by atoms with E-state index in [1.807, 2.05) is 0 Å². The van der Waals surface area contributed by atoms with Crippen LogP contribution in [0, 0.1) is 0 Å². The van der Waals surface area contributed by atoms with Gasteiger partial charge in [0, 0.05) is 19.3 Å². The van der Waals surface area contributed by atoms with Gasteiger partial charge in [0.15, 0.2) is 6.10 Å². The van der Waals surface area contributed by atoms with Gasteiger partial charge in [0.05, 0.1) is 0 Å². The molecule has 0 aliphatic carbocycles. The second-order valence-corrected chi connectivity index (χ2v) is 23.8. The molecular weight excluding hydrogens is 997 g/mol. The number of rotatable bonds is 65. The fraction of sp³-hybridized carbons (Fsp3) is 0.800. The summed E-state index contributed by atoms with van der Waals surface area (Å²) in [4.78, 5) is 38.3. The van der Waals surface area contributed by atoms with E-state index >= 15 is 0 Å². The zero-order valence-corrected chi connectivity index (χ0v) is 54.1. The molecule has 0 aromatic heterocycles. The van der Waals surface area contributed by atoms with Gasteiger partial charge >= 0.3 is 17.9 Å². The van der Waals surface area contributed by atoms with Crippen molar-refractivity contribution in [2.75, 3.05) is 13.2 Å². The number of carbonyl (C=O) groups excluding carboxylic acids is 3. The van der Waals surface area contributed by atoms with Crippen LogP contribution in [0.15, 0.2) is 72.9 Å². The van der Waals surface area contributed by atoms with Crippen LogP contribution in [0.5, 0.6) is 0 Å². The van der Waals surface area contributed by atoms with Crippen LogP contribution in [0.2, 0.25) is 0 Å². The zero-order chi connectivity index (χ0) is 58.5. The Morgan fingerprint density at radius 1 is 0.259 bits per heavy atom. The van der Waals surface area contributed by atoms with Gasteiger partial charge in [0.1, 0.15) is 13.2 Å². The minimum atomic E-state index is -0.777. The number of esters is 3. The van der Waals surface area contributed by atoms with Crippen molar-refractivity contribution in [3.8, 4) is 0 Å². The van der Waals surface area contributed by atoms with Crippen LogP contribution < -0.4 is 0 Å². The number of hydrogen-bond donors (Lipinski definition) is 0. The number of carbonyl (C=O) groups is 3. The molecule has 0 fully saturated rings. The lowest BCUT2D eigenvalue weighted by Gasteiger charge is -2.18. The van der Waals surface area contributed by atoms with Crippen LogP contribution in [0.4, 0.5) is 0 Å².